The van der Waals surface area contributed by atoms with E-state index in [-0.39, 0.29) is 5.91 Å². The Hall–Kier alpha value is -2.42. The lowest BCUT2D eigenvalue weighted by molar-refractivity contribution is 0.0983. The topological polar surface area (TPSA) is 41.5 Å². The monoisotopic (exact) mass is 236 g/mol. The molecule has 2 aromatic carbocycles. The van der Waals surface area contributed by atoms with E-state index in [0.717, 1.165) is 16.8 Å². The van der Waals surface area contributed by atoms with E-state index >= 15 is 0 Å². The van der Waals surface area contributed by atoms with E-state index in [0.29, 0.717) is 11.4 Å². The van der Waals surface area contributed by atoms with Crippen molar-refractivity contribution in [3.63, 3.8) is 0 Å². The van der Waals surface area contributed by atoms with E-state index < -0.39 is 0 Å². The first-order chi connectivity index (χ1) is 8.75. The summed E-state index contributed by atoms with van der Waals surface area (Å²) in [6.45, 7) is 2.00. The van der Waals surface area contributed by atoms with Gasteiger partial charge in [-0.2, -0.15) is 0 Å². The lowest BCUT2D eigenvalue weighted by atomic mass is 10.1. The summed E-state index contributed by atoms with van der Waals surface area (Å²) in [4.78, 5) is 16.3. The number of benzene rings is 2. The maximum Gasteiger partial charge on any atom is 0.257 e. The van der Waals surface area contributed by atoms with Crippen LogP contribution in [0.3, 0.4) is 0 Å². The Morgan fingerprint density at radius 1 is 0.944 bits per heavy atom. The second-order valence-corrected chi connectivity index (χ2v) is 4.25. The summed E-state index contributed by atoms with van der Waals surface area (Å²) in [5.74, 6) is 0.544. The predicted octanol–water partition coefficient (Wildman–Crippen LogP) is 2.82. The molecule has 0 bridgehead atoms. The van der Waals surface area contributed by atoms with Crippen LogP contribution in [0, 0.1) is 6.92 Å². The highest BCUT2D eigenvalue weighted by molar-refractivity contribution is 6.23. The summed E-state index contributed by atoms with van der Waals surface area (Å²) in [5.41, 5.74) is 3.52. The second kappa shape index (κ2) is 4.11. The van der Waals surface area contributed by atoms with Crippen LogP contribution in [0.5, 0.6) is 0 Å². The molecule has 1 aliphatic rings. The maximum atomic E-state index is 11.8. The average Bonchev–Trinajstić information content (AvgIpc) is 2.70. The molecule has 0 aliphatic carbocycles. The Morgan fingerprint density at radius 3 is 2.39 bits per heavy atom. The van der Waals surface area contributed by atoms with Crippen molar-refractivity contribution in [1.82, 2.24) is 5.32 Å². The molecule has 3 heteroatoms. The predicted molar refractivity (Wildman–Crippen MR) is 71.3 cm³/mol. The van der Waals surface area contributed by atoms with Crippen molar-refractivity contribution in [1.29, 1.82) is 0 Å². The fraction of sp³-hybridized carbons (Fsp3) is 0.0667. The zero-order chi connectivity index (χ0) is 12.5. The van der Waals surface area contributed by atoms with Crippen LogP contribution < -0.4 is 5.32 Å². The molecule has 2 aromatic rings. The van der Waals surface area contributed by atoms with Gasteiger partial charge in [0.05, 0.1) is 11.3 Å². The molecule has 0 saturated carbocycles. The standard InChI is InChI=1S/C15H12N2O/c1-10-6-2-5-9-13(10)16-14-11-7-3-4-8-12(11)15(18)17-14/h2-9H,1H3,(H,16,17,18). The number of amidine groups is 1. The zero-order valence-corrected chi connectivity index (χ0v) is 9.97. The Labute approximate surface area is 105 Å². The number of aliphatic imine (C=N–C) groups is 1. The molecule has 0 aromatic heterocycles. The van der Waals surface area contributed by atoms with Gasteiger partial charge in [0.15, 0.2) is 0 Å². The normalized spacial score (nSPS) is 15.6. The summed E-state index contributed by atoms with van der Waals surface area (Å²) in [6.07, 6.45) is 0. The summed E-state index contributed by atoms with van der Waals surface area (Å²) < 4.78 is 0. The first-order valence-corrected chi connectivity index (χ1v) is 5.81. The third-order valence-electron chi connectivity index (χ3n) is 3.01. The minimum Gasteiger partial charge on any atom is -0.306 e. The van der Waals surface area contributed by atoms with Crippen molar-refractivity contribution < 1.29 is 4.79 Å². The van der Waals surface area contributed by atoms with Crippen LogP contribution in [0.25, 0.3) is 0 Å². The number of amides is 1. The third kappa shape index (κ3) is 1.70. The third-order valence-corrected chi connectivity index (χ3v) is 3.01. The lowest BCUT2D eigenvalue weighted by Crippen LogP contribution is -2.21. The summed E-state index contributed by atoms with van der Waals surface area (Å²) in [7, 11) is 0. The number of rotatable bonds is 1. The number of aryl methyl sites for hydroxylation is 1. The van der Waals surface area contributed by atoms with Gasteiger partial charge < -0.3 is 5.32 Å². The molecule has 0 saturated heterocycles. The van der Waals surface area contributed by atoms with Crippen molar-refractivity contribution in [3.8, 4) is 0 Å². The molecule has 0 atom stereocenters. The second-order valence-electron chi connectivity index (χ2n) is 4.25. The van der Waals surface area contributed by atoms with Crippen LogP contribution in [0.1, 0.15) is 21.5 Å². The van der Waals surface area contributed by atoms with E-state index in [1.165, 1.54) is 0 Å². The molecule has 18 heavy (non-hydrogen) atoms. The smallest absolute Gasteiger partial charge is 0.257 e. The summed E-state index contributed by atoms with van der Waals surface area (Å²) >= 11 is 0. The van der Waals surface area contributed by atoms with Crippen LogP contribution in [-0.2, 0) is 0 Å². The van der Waals surface area contributed by atoms with Crippen LogP contribution >= 0.6 is 0 Å². The number of fused-ring (bicyclic) bond motifs is 1. The molecule has 3 rings (SSSR count). The van der Waals surface area contributed by atoms with Crippen molar-refractivity contribution >= 4 is 17.4 Å². The van der Waals surface area contributed by atoms with Crippen molar-refractivity contribution in [2.45, 2.75) is 6.92 Å². The Balaban J connectivity index is 2.11. The summed E-state index contributed by atoms with van der Waals surface area (Å²) in [5, 5.41) is 2.81. The fourth-order valence-electron chi connectivity index (χ4n) is 2.03. The largest absolute Gasteiger partial charge is 0.306 e. The molecular formula is C15H12N2O. The molecular weight excluding hydrogens is 224 g/mol. The van der Waals surface area contributed by atoms with E-state index in [1.54, 1.807) is 0 Å². The van der Waals surface area contributed by atoms with Crippen LogP contribution in [0.2, 0.25) is 0 Å². The van der Waals surface area contributed by atoms with Gasteiger partial charge in [-0.3, -0.25) is 4.79 Å². The number of nitrogens with zero attached hydrogens (tertiary/aromatic N) is 1. The molecule has 0 fully saturated rings. The SMILES string of the molecule is Cc1ccccc1N=C1NC(=O)c2ccccc21. The van der Waals surface area contributed by atoms with Gasteiger partial charge in [0, 0.05) is 5.56 Å². The average molecular weight is 236 g/mol. The highest BCUT2D eigenvalue weighted by atomic mass is 16.2. The van der Waals surface area contributed by atoms with Gasteiger partial charge in [0.1, 0.15) is 5.84 Å². The number of nitrogens with one attached hydrogen (secondary N) is 1. The number of hydrogen-bond acceptors (Lipinski definition) is 2. The van der Waals surface area contributed by atoms with E-state index in [1.807, 2.05) is 55.5 Å². The number of hydrogen-bond donors (Lipinski definition) is 1. The molecule has 0 radical (unpaired) electrons. The minimum atomic E-state index is -0.0852. The van der Waals surface area contributed by atoms with Crippen LogP contribution in [0.4, 0.5) is 5.69 Å². The lowest BCUT2D eigenvalue weighted by Gasteiger charge is -2.02. The van der Waals surface area contributed by atoms with Crippen LogP contribution in [0.15, 0.2) is 53.5 Å². The van der Waals surface area contributed by atoms with Gasteiger partial charge >= 0.3 is 0 Å². The number of carbonyl (C=O) groups excluding carboxylic acids is 1. The van der Waals surface area contributed by atoms with Crippen molar-refractivity contribution in [2.24, 2.45) is 4.99 Å². The van der Waals surface area contributed by atoms with E-state index in [9.17, 15) is 4.79 Å². The van der Waals surface area contributed by atoms with E-state index in [4.69, 9.17) is 0 Å². The van der Waals surface area contributed by atoms with Gasteiger partial charge in [0.2, 0.25) is 0 Å². The first-order valence-electron chi connectivity index (χ1n) is 5.81. The van der Waals surface area contributed by atoms with Gasteiger partial charge in [-0.05, 0) is 24.6 Å². The Morgan fingerprint density at radius 2 is 1.61 bits per heavy atom. The Bertz CT molecular complexity index is 659. The van der Waals surface area contributed by atoms with Gasteiger partial charge in [-0.15, -0.1) is 0 Å². The fourth-order valence-corrected chi connectivity index (χ4v) is 2.03. The van der Waals surface area contributed by atoms with Gasteiger partial charge in [-0.1, -0.05) is 36.4 Å². The molecule has 88 valence electrons. The first kappa shape index (κ1) is 10.7. The highest BCUT2D eigenvalue weighted by Gasteiger charge is 2.24. The molecule has 1 heterocycles. The number of carbonyl (C=O) groups is 1. The molecule has 0 spiro atoms. The van der Waals surface area contributed by atoms with Crippen molar-refractivity contribution in [2.75, 3.05) is 0 Å². The number of para-hydroxylation sites is 1. The molecule has 1 N–H and O–H groups in total. The summed E-state index contributed by atoms with van der Waals surface area (Å²) in [6, 6.07) is 15.3. The minimum absolute atomic E-state index is 0.0852. The van der Waals surface area contributed by atoms with Crippen LogP contribution in [-0.4, -0.2) is 11.7 Å². The molecule has 0 unspecified atom stereocenters. The molecule has 1 amide bonds. The highest BCUT2D eigenvalue weighted by Crippen LogP contribution is 2.22. The zero-order valence-electron chi connectivity index (χ0n) is 9.97. The quantitative estimate of drug-likeness (QED) is 0.812. The Kier molecular flexibility index (Phi) is 2.45. The van der Waals surface area contributed by atoms with Gasteiger partial charge in [-0.25, -0.2) is 4.99 Å². The van der Waals surface area contributed by atoms with Crippen molar-refractivity contribution in [3.05, 3.63) is 65.2 Å². The maximum absolute atomic E-state index is 11.8. The van der Waals surface area contributed by atoms with E-state index in [2.05, 4.69) is 10.3 Å². The molecule has 3 nitrogen and oxygen atoms in total. The molecule has 1 aliphatic heterocycles. The van der Waals surface area contributed by atoms with Gasteiger partial charge in [0.25, 0.3) is 5.91 Å².